The molecule has 1 atom stereocenters. The lowest BCUT2D eigenvalue weighted by Gasteiger charge is -2.17. The van der Waals surface area contributed by atoms with Crippen LogP contribution < -0.4 is 19.5 Å². The highest BCUT2D eigenvalue weighted by atomic mass is 19.4. The average molecular weight is 425 g/mol. The molecule has 3 rings (SSSR count). The zero-order chi connectivity index (χ0) is 21.7. The Balaban J connectivity index is 1.84. The molecule has 1 aliphatic heterocycles. The quantitative estimate of drug-likeness (QED) is 0.706. The maximum absolute atomic E-state index is 13.2. The largest absolute Gasteiger partial charge is 0.493 e. The van der Waals surface area contributed by atoms with Gasteiger partial charge in [-0.3, -0.25) is 4.79 Å². The summed E-state index contributed by atoms with van der Waals surface area (Å²) < 4.78 is 60.9. The van der Waals surface area contributed by atoms with Crippen molar-refractivity contribution in [2.45, 2.75) is 25.1 Å². The first-order valence-corrected chi connectivity index (χ1v) is 9.31. The van der Waals surface area contributed by atoms with Crippen molar-refractivity contribution in [3.05, 3.63) is 47.5 Å². The summed E-state index contributed by atoms with van der Waals surface area (Å²) in [5.74, 6) is 0.266. The molecule has 0 radical (unpaired) electrons. The number of hydrogen-bond donors (Lipinski definition) is 1. The first-order chi connectivity index (χ1) is 14.3. The predicted octanol–water partition coefficient (Wildman–Crippen LogP) is 4.53. The Labute approximate surface area is 171 Å². The molecule has 1 fully saturated rings. The van der Waals surface area contributed by atoms with Crippen LogP contribution in [0.2, 0.25) is 0 Å². The molecule has 1 heterocycles. The van der Waals surface area contributed by atoms with E-state index in [1.165, 1.54) is 38.5 Å². The topological polar surface area (TPSA) is 66.0 Å². The summed E-state index contributed by atoms with van der Waals surface area (Å²) >= 11 is 0. The third kappa shape index (κ3) is 5.15. The van der Waals surface area contributed by atoms with Crippen LogP contribution in [-0.4, -0.2) is 39.4 Å². The third-order valence-corrected chi connectivity index (χ3v) is 4.65. The van der Waals surface area contributed by atoms with Crippen molar-refractivity contribution in [2.75, 3.05) is 32.8 Å². The summed E-state index contributed by atoms with van der Waals surface area (Å²) in [5.41, 5.74) is -0.785. The molecular weight excluding hydrogens is 403 g/mol. The number of hydrogen-bond acceptors (Lipinski definition) is 5. The minimum absolute atomic E-state index is 0.0809. The molecular formula is C21H22F3NO5. The van der Waals surface area contributed by atoms with E-state index < -0.39 is 17.6 Å². The summed E-state index contributed by atoms with van der Waals surface area (Å²) in [6.45, 7) is 0.814. The molecule has 9 heteroatoms. The molecule has 0 bridgehead atoms. The normalized spacial score (nSPS) is 16.2. The Morgan fingerprint density at radius 3 is 2.47 bits per heavy atom. The number of anilines is 1. The molecule has 0 unspecified atom stereocenters. The van der Waals surface area contributed by atoms with E-state index in [1.54, 1.807) is 0 Å². The van der Waals surface area contributed by atoms with Gasteiger partial charge in [0.05, 0.1) is 31.6 Å². The van der Waals surface area contributed by atoms with Crippen molar-refractivity contribution >= 4 is 11.6 Å². The second-order valence-electron chi connectivity index (χ2n) is 6.68. The molecule has 1 N–H and O–H groups in total. The van der Waals surface area contributed by atoms with Crippen LogP contribution in [-0.2, 0) is 10.9 Å². The van der Waals surface area contributed by atoms with Crippen molar-refractivity contribution in [2.24, 2.45) is 0 Å². The van der Waals surface area contributed by atoms with E-state index in [2.05, 4.69) is 5.32 Å². The summed E-state index contributed by atoms with van der Waals surface area (Å²) in [5, 5.41) is 2.50. The Bertz CT molecular complexity index is 895. The van der Waals surface area contributed by atoms with Crippen LogP contribution in [0.4, 0.5) is 18.9 Å². The van der Waals surface area contributed by atoms with E-state index in [0.29, 0.717) is 18.1 Å². The van der Waals surface area contributed by atoms with Crippen molar-refractivity contribution in [3.63, 3.8) is 0 Å². The number of benzene rings is 2. The van der Waals surface area contributed by atoms with Gasteiger partial charge in [0, 0.05) is 12.2 Å². The number of alkyl halides is 3. The van der Waals surface area contributed by atoms with Gasteiger partial charge in [-0.15, -0.1) is 0 Å². The van der Waals surface area contributed by atoms with Crippen LogP contribution in [0.3, 0.4) is 0 Å². The smallest absolute Gasteiger partial charge is 0.416 e. The van der Waals surface area contributed by atoms with E-state index in [0.717, 1.165) is 25.0 Å². The fourth-order valence-corrected chi connectivity index (χ4v) is 3.06. The van der Waals surface area contributed by atoms with E-state index in [4.69, 9.17) is 18.9 Å². The second-order valence-corrected chi connectivity index (χ2v) is 6.68. The Morgan fingerprint density at radius 1 is 1.10 bits per heavy atom. The van der Waals surface area contributed by atoms with Crippen LogP contribution in [0.15, 0.2) is 36.4 Å². The lowest BCUT2D eigenvalue weighted by atomic mass is 10.1. The molecule has 0 aromatic heterocycles. The van der Waals surface area contributed by atoms with E-state index in [-0.39, 0.29) is 29.7 Å². The van der Waals surface area contributed by atoms with Gasteiger partial charge in [0.25, 0.3) is 5.91 Å². The van der Waals surface area contributed by atoms with Gasteiger partial charge in [0.15, 0.2) is 11.5 Å². The maximum atomic E-state index is 13.2. The van der Waals surface area contributed by atoms with E-state index in [9.17, 15) is 18.0 Å². The van der Waals surface area contributed by atoms with Crippen molar-refractivity contribution in [1.82, 2.24) is 0 Å². The zero-order valence-corrected chi connectivity index (χ0v) is 16.5. The van der Waals surface area contributed by atoms with Crippen molar-refractivity contribution in [3.8, 4) is 17.2 Å². The average Bonchev–Trinajstić information content (AvgIpc) is 3.25. The first-order valence-electron chi connectivity index (χ1n) is 9.31. The molecule has 1 saturated heterocycles. The molecule has 2 aromatic carbocycles. The summed E-state index contributed by atoms with van der Waals surface area (Å²) in [6.07, 6.45) is -2.96. The molecule has 1 aliphatic rings. The summed E-state index contributed by atoms with van der Waals surface area (Å²) in [7, 11) is 2.88. The van der Waals surface area contributed by atoms with Crippen molar-refractivity contribution in [1.29, 1.82) is 0 Å². The number of rotatable bonds is 7. The van der Waals surface area contributed by atoms with Crippen LogP contribution in [0.25, 0.3) is 0 Å². The second kappa shape index (κ2) is 9.25. The number of carbonyl (C=O) groups excluding carboxylic acids is 1. The van der Waals surface area contributed by atoms with Gasteiger partial charge < -0.3 is 24.3 Å². The molecule has 30 heavy (non-hydrogen) atoms. The molecule has 0 saturated carbocycles. The molecule has 0 spiro atoms. The highest BCUT2D eigenvalue weighted by Gasteiger charge is 2.31. The number of amides is 1. The maximum Gasteiger partial charge on any atom is 0.416 e. The van der Waals surface area contributed by atoms with E-state index in [1.807, 2.05) is 0 Å². The highest BCUT2D eigenvalue weighted by Crippen LogP contribution is 2.36. The minimum Gasteiger partial charge on any atom is -0.493 e. The standard InChI is InChI=1S/C21H22F3NO5/c1-27-18-7-5-13(10-19(18)28-2)20(26)25-16-11-14(21(22,23)24)6-8-17(16)30-12-15-4-3-9-29-15/h5-8,10-11,15H,3-4,9,12H2,1-2H3,(H,25,26)/t15-/m1/s1. The van der Waals surface area contributed by atoms with Gasteiger partial charge in [-0.25, -0.2) is 0 Å². The number of methoxy groups -OCH3 is 2. The Kier molecular flexibility index (Phi) is 6.71. The fraction of sp³-hybridized carbons (Fsp3) is 0.381. The minimum atomic E-state index is -4.56. The third-order valence-electron chi connectivity index (χ3n) is 4.65. The highest BCUT2D eigenvalue weighted by molar-refractivity contribution is 6.05. The Morgan fingerprint density at radius 2 is 1.83 bits per heavy atom. The first kappa shape index (κ1) is 21.8. The summed E-state index contributed by atoms with van der Waals surface area (Å²) in [6, 6.07) is 7.42. The van der Waals surface area contributed by atoms with Gasteiger partial charge >= 0.3 is 6.18 Å². The lowest BCUT2D eigenvalue weighted by Crippen LogP contribution is -2.19. The number of ether oxygens (including phenoxy) is 4. The zero-order valence-electron chi connectivity index (χ0n) is 16.5. The molecule has 2 aromatic rings. The lowest BCUT2D eigenvalue weighted by molar-refractivity contribution is -0.137. The molecule has 162 valence electrons. The van der Waals surface area contributed by atoms with Crippen LogP contribution in [0.5, 0.6) is 17.2 Å². The number of carbonyl (C=O) groups is 1. The van der Waals surface area contributed by atoms with Crippen LogP contribution in [0.1, 0.15) is 28.8 Å². The van der Waals surface area contributed by atoms with Gasteiger partial charge in [-0.2, -0.15) is 13.2 Å². The van der Waals surface area contributed by atoms with Crippen LogP contribution >= 0.6 is 0 Å². The van der Waals surface area contributed by atoms with Gasteiger partial charge in [0.2, 0.25) is 0 Å². The predicted molar refractivity (Wildman–Crippen MR) is 103 cm³/mol. The fourth-order valence-electron chi connectivity index (χ4n) is 3.06. The van der Waals surface area contributed by atoms with Gasteiger partial charge in [-0.05, 0) is 49.2 Å². The molecule has 0 aliphatic carbocycles. The number of halogens is 3. The molecule has 1 amide bonds. The van der Waals surface area contributed by atoms with Crippen LogP contribution in [0, 0.1) is 0 Å². The molecule has 6 nitrogen and oxygen atoms in total. The van der Waals surface area contributed by atoms with Crippen molar-refractivity contribution < 1.29 is 36.9 Å². The monoisotopic (exact) mass is 425 g/mol. The van der Waals surface area contributed by atoms with Gasteiger partial charge in [0.1, 0.15) is 12.4 Å². The van der Waals surface area contributed by atoms with E-state index >= 15 is 0 Å². The number of nitrogens with one attached hydrogen (secondary N) is 1. The Hall–Kier alpha value is -2.94. The summed E-state index contributed by atoms with van der Waals surface area (Å²) in [4.78, 5) is 12.7. The van der Waals surface area contributed by atoms with Gasteiger partial charge in [-0.1, -0.05) is 0 Å². The SMILES string of the molecule is COc1ccc(C(=O)Nc2cc(C(F)(F)F)ccc2OC[C@H]2CCCO2)cc1OC.